The van der Waals surface area contributed by atoms with E-state index >= 15 is 0 Å². The number of benzene rings is 2. The molecule has 0 heterocycles. The van der Waals surface area contributed by atoms with Gasteiger partial charge in [0, 0.05) is 16.8 Å². The lowest BCUT2D eigenvalue weighted by Gasteiger charge is -2.06. The molecule has 0 fully saturated rings. The third-order valence-electron chi connectivity index (χ3n) is 3.12. The van der Waals surface area contributed by atoms with Crippen LogP contribution in [0.25, 0.3) is 0 Å². The molecule has 0 aliphatic rings. The van der Waals surface area contributed by atoms with E-state index in [9.17, 15) is 9.59 Å². The average molecular weight is 253 g/mol. The lowest BCUT2D eigenvalue weighted by molar-refractivity contribution is -0.105. The van der Waals surface area contributed by atoms with Crippen LogP contribution in [0.15, 0.2) is 42.5 Å². The third kappa shape index (κ3) is 2.88. The maximum absolute atomic E-state index is 12.4. The van der Waals surface area contributed by atoms with Gasteiger partial charge in [-0.05, 0) is 43.2 Å². The fraction of sp³-hybridized carbons (Fsp3) is 0.125. The summed E-state index contributed by atoms with van der Waals surface area (Å²) in [5.41, 5.74) is 4.09. The monoisotopic (exact) mass is 253 g/mol. The topological polar surface area (TPSA) is 46.2 Å². The van der Waals surface area contributed by atoms with Gasteiger partial charge in [-0.1, -0.05) is 24.3 Å². The van der Waals surface area contributed by atoms with Crippen LogP contribution >= 0.6 is 0 Å². The van der Waals surface area contributed by atoms with Crippen molar-refractivity contribution in [2.45, 2.75) is 13.8 Å². The Kier molecular flexibility index (Phi) is 3.76. The number of hydrogen-bond acceptors (Lipinski definition) is 2. The molecule has 0 saturated heterocycles. The minimum Gasteiger partial charge on any atom is -0.329 e. The number of amides is 1. The van der Waals surface area contributed by atoms with Crippen LogP contribution in [0.4, 0.5) is 5.69 Å². The molecule has 19 heavy (non-hydrogen) atoms. The summed E-state index contributed by atoms with van der Waals surface area (Å²) >= 11 is 0. The highest BCUT2D eigenvalue weighted by molar-refractivity contribution is 6.09. The van der Waals surface area contributed by atoms with Crippen LogP contribution in [0.2, 0.25) is 0 Å². The molecular weight excluding hydrogens is 238 g/mol. The number of rotatable bonds is 4. The zero-order chi connectivity index (χ0) is 13.8. The van der Waals surface area contributed by atoms with Gasteiger partial charge in [0.15, 0.2) is 5.78 Å². The van der Waals surface area contributed by atoms with Crippen molar-refractivity contribution in [2.24, 2.45) is 0 Å². The van der Waals surface area contributed by atoms with Gasteiger partial charge in [0.2, 0.25) is 6.41 Å². The highest BCUT2D eigenvalue weighted by atomic mass is 16.1. The number of carbonyl (C=O) groups is 2. The van der Waals surface area contributed by atoms with Crippen LogP contribution in [-0.4, -0.2) is 12.2 Å². The van der Waals surface area contributed by atoms with Crippen molar-refractivity contribution < 1.29 is 9.59 Å². The molecule has 2 aromatic rings. The number of nitrogens with one attached hydrogen (secondary N) is 1. The Morgan fingerprint density at radius 3 is 2.42 bits per heavy atom. The number of hydrogen-bond donors (Lipinski definition) is 1. The Morgan fingerprint density at radius 1 is 1.00 bits per heavy atom. The van der Waals surface area contributed by atoms with E-state index in [1.54, 1.807) is 24.3 Å². The van der Waals surface area contributed by atoms with Gasteiger partial charge in [-0.3, -0.25) is 9.59 Å². The van der Waals surface area contributed by atoms with Crippen molar-refractivity contribution in [3.8, 4) is 0 Å². The molecule has 2 aromatic carbocycles. The molecular formula is C16H15NO2. The molecule has 0 aromatic heterocycles. The van der Waals surface area contributed by atoms with E-state index in [-0.39, 0.29) is 5.78 Å². The second-order valence-corrected chi connectivity index (χ2v) is 4.47. The molecule has 0 radical (unpaired) electrons. The second-order valence-electron chi connectivity index (χ2n) is 4.47. The molecule has 0 bridgehead atoms. The predicted octanol–water partition coefficient (Wildman–Crippen LogP) is 3.10. The largest absolute Gasteiger partial charge is 0.329 e. The molecule has 1 amide bonds. The van der Waals surface area contributed by atoms with Gasteiger partial charge in [-0.15, -0.1) is 0 Å². The summed E-state index contributed by atoms with van der Waals surface area (Å²) < 4.78 is 0. The first-order valence-electron chi connectivity index (χ1n) is 6.04. The van der Waals surface area contributed by atoms with Crippen LogP contribution in [0, 0.1) is 13.8 Å². The van der Waals surface area contributed by atoms with Crippen LogP contribution in [-0.2, 0) is 4.79 Å². The van der Waals surface area contributed by atoms with Crippen LogP contribution in [0.3, 0.4) is 0 Å². The van der Waals surface area contributed by atoms with Crippen LogP contribution in [0.5, 0.6) is 0 Å². The van der Waals surface area contributed by atoms with E-state index in [1.807, 2.05) is 32.0 Å². The number of ketones is 1. The lowest BCUT2D eigenvalue weighted by Crippen LogP contribution is -2.03. The summed E-state index contributed by atoms with van der Waals surface area (Å²) in [4.78, 5) is 22.8. The normalized spacial score (nSPS) is 10.0. The molecule has 1 N–H and O–H groups in total. The van der Waals surface area contributed by atoms with E-state index in [1.165, 1.54) is 0 Å². The molecule has 0 atom stereocenters. The average Bonchev–Trinajstić information content (AvgIpc) is 2.42. The third-order valence-corrected chi connectivity index (χ3v) is 3.12. The van der Waals surface area contributed by atoms with E-state index in [4.69, 9.17) is 0 Å². The van der Waals surface area contributed by atoms with Gasteiger partial charge < -0.3 is 5.32 Å². The van der Waals surface area contributed by atoms with E-state index in [2.05, 4.69) is 5.32 Å². The summed E-state index contributed by atoms with van der Waals surface area (Å²) in [6.45, 7) is 3.99. The van der Waals surface area contributed by atoms with Gasteiger partial charge in [0.05, 0.1) is 0 Å². The van der Waals surface area contributed by atoms with Gasteiger partial charge in [0.25, 0.3) is 0 Å². The smallest absolute Gasteiger partial charge is 0.211 e. The van der Waals surface area contributed by atoms with Crippen molar-refractivity contribution in [2.75, 3.05) is 5.32 Å². The van der Waals surface area contributed by atoms with Crippen molar-refractivity contribution in [1.29, 1.82) is 0 Å². The Labute approximate surface area is 112 Å². The van der Waals surface area contributed by atoms with Gasteiger partial charge in [-0.25, -0.2) is 0 Å². The summed E-state index contributed by atoms with van der Waals surface area (Å²) in [5, 5.41) is 2.54. The van der Waals surface area contributed by atoms with Crippen molar-refractivity contribution in [3.05, 3.63) is 64.7 Å². The first-order chi connectivity index (χ1) is 9.11. The first kappa shape index (κ1) is 13.0. The zero-order valence-electron chi connectivity index (χ0n) is 10.9. The van der Waals surface area contributed by atoms with E-state index in [0.29, 0.717) is 23.2 Å². The summed E-state index contributed by atoms with van der Waals surface area (Å²) in [6.07, 6.45) is 0.597. The van der Waals surface area contributed by atoms with Gasteiger partial charge >= 0.3 is 0 Å². The molecule has 2 rings (SSSR count). The molecule has 0 aliphatic heterocycles. The van der Waals surface area contributed by atoms with E-state index in [0.717, 1.165) is 11.1 Å². The Bertz CT molecular complexity index is 632. The fourth-order valence-corrected chi connectivity index (χ4v) is 1.87. The Hall–Kier alpha value is -2.42. The van der Waals surface area contributed by atoms with Gasteiger partial charge in [-0.2, -0.15) is 0 Å². The molecule has 0 unspecified atom stereocenters. The zero-order valence-corrected chi connectivity index (χ0v) is 10.9. The quantitative estimate of drug-likeness (QED) is 0.672. The standard InChI is InChI=1S/C16H15NO2/c1-11-6-7-14(8-12(11)2)16(19)13-4-3-5-15(9-13)17-10-18/h3-10H,1-2H3,(H,17,18). The van der Waals surface area contributed by atoms with E-state index < -0.39 is 0 Å². The predicted molar refractivity (Wildman–Crippen MR) is 75.5 cm³/mol. The molecule has 96 valence electrons. The highest BCUT2D eigenvalue weighted by Crippen LogP contribution is 2.17. The summed E-state index contributed by atoms with van der Waals surface area (Å²) in [7, 11) is 0. The minimum atomic E-state index is -0.0438. The maximum atomic E-state index is 12.4. The number of carbonyl (C=O) groups excluding carboxylic acids is 2. The van der Waals surface area contributed by atoms with Gasteiger partial charge in [0.1, 0.15) is 0 Å². The second kappa shape index (κ2) is 5.48. The highest BCUT2D eigenvalue weighted by Gasteiger charge is 2.10. The molecule has 3 heteroatoms. The SMILES string of the molecule is Cc1ccc(C(=O)c2cccc(NC=O)c2)cc1C. The fourth-order valence-electron chi connectivity index (χ4n) is 1.87. The molecule has 3 nitrogen and oxygen atoms in total. The lowest BCUT2D eigenvalue weighted by atomic mass is 9.99. The Morgan fingerprint density at radius 2 is 1.74 bits per heavy atom. The number of aryl methyl sites for hydroxylation is 2. The summed E-state index contributed by atoms with van der Waals surface area (Å²) in [5.74, 6) is -0.0438. The number of anilines is 1. The van der Waals surface area contributed by atoms with Crippen molar-refractivity contribution in [3.63, 3.8) is 0 Å². The minimum absolute atomic E-state index is 0.0438. The van der Waals surface area contributed by atoms with Crippen molar-refractivity contribution in [1.82, 2.24) is 0 Å². The molecule has 0 saturated carbocycles. The first-order valence-corrected chi connectivity index (χ1v) is 6.04. The maximum Gasteiger partial charge on any atom is 0.211 e. The molecule has 0 spiro atoms. The Balaban J connectivity index is 2.35. The van der Waals surface area contributed by atoms with Crippen molar-refractivity contribution >= 4 is 17.9 Å². The molecule has 0 aliphatic carbocycles. The van der Waals surface area contributed by atoms with Crippen LogP contribution in [0.1, 0.15) is 27.0 Å². The van der Waals surface area contributed by atoms with Crippen LogP contribution < -0.4 is 5.32 Å². The summed E-state index contributed by atoms with van der Waals surface area (Å²) in [6, 6.07) is 12.6.